The molecule has 0 saturated carbocycles. The Hall–Kier alpha value is -1.89. The van der Waals surface area contributed by atoms with E-state index in [1.165, 1.54) is 4.90 Å². The molecule has 2 aromatic carbocycles. The van der Waals surface area contributed by atoms with E-state index in [1.54, 1.807) is 38.4 Å². The van der Waals surface area contributed by atoms with Gasteiger partial charge in [-0.05, 0) is 46.9 Å². The highest BCUT2D eigenvalue weighted by Crippen LogP contribution is 2.21. The van der Waals surface area contributed by atoms with Crippen molar-refractivity contribution in [3.05, 3.63) is 69.3 Å². The van der Waals surface area contributed by atoms with Crippen molar-refractivity contribution in [2.45, 2.75) is 6.10 Å². The number of rotatable bonds is 4. The van der Waals surface area contributed by atoms with Gasteiger partial charge >= 0.3 is 5.97 Å². The number of carbonyl (C=O) groups excluding carboxylic acids is 2. The Labute approximate surface area is 143 Å². The van der Waals surface area contributed by atoms with Crippen molar-refractivity contribution in [2.75, 3.05) is 14.1 Å². The Morgan fingerprint density at radius 1 is 1.00 bits per heavy atom. The van der Waals surface area contributed by atoms with E-state index in [1.807, 2.05) is 30.3 Å². The van der Waals surface area contributed by atoms with Crippen LogP contribution < -0.4 is 0 Å². The second-order valence-electron chi connectivity index (χ2n) is 4.94. The summed E-state index contributed by atoms with van der Waals surface area (Å²) in [4.78, 5) is 26.0. The van der Waals surface area contributed by atoms with Crippen LogP contribution in [0.15, 0.2) is 54.6 Å². The number of carbonyl (C=O) groups is 2. The number of nitrogens with zero attached hydrogens (tertiary/aromatic N) is 1. The van der Waals surface area contributed by atoms with Crippen LogP contribution in [-0.4, -0.2) is 30.9 Å². The smallest absolute Gasteiger partial charge is 0.339 e. The number of benzene rings is 2. The zero-order valence-corrected chi connectivity index (χ0v) is 14.5. The lowest BCUT2D eigenvalue weighted by Gasteiger charge is -2.21. The Kier molecular flexibility index (Phi) is 5.54. The summed E-state index contributed by atoms with van der Waals surface area (Å²) in [5, 5.41) is 0. The lowest BCUT2D eigenvalue weighted by Crippen LogP contribution is -2.31. The van der Waals surface area contributed by atoms with Crippen LogP contribution in [0.3, 0.4) is 0 Å². The molecular formula is C17H16INO3. The first-order valence-electron chi connectivity index (χ1n) is 6.71. The molecule has 0 aliphatic rings. The van der Waals surface area contributed by atoms with E-state index in [4.69, 9.17) is 4.74 Å². The van der Waals surface area contributed by atoms with Crippen LogP contribution in [0.5, 0.6) is 0 Å². The van der Waals surface area contributed by atoms with Crippen LogP contribution in [0.4, 0.5) is 0 Å². The summed E-state index contributed by atoms with van der Waals surface area (Å²) in [7, 11) is 3.27. The van der Waals surface area contributed by atoms with Gasteiger partial charge in [0.2, 0.25) is 6.10 Å². The highest BCUT2D eigenvalue weighted by atomic mass is 127. The average Bonchev–Trinajstić information content (AvgIpc) is 2.53. The molecule has 0 bridgehead atoms. The minimum Gasteiger partial charge on any atom is -0.444 e. The molecule has 0 spiro atoms. The van der Waals surface area contributed by atoms with Crippen molar-refractivity contribution >= 4 is 34.5 Å². The predicted octanol–water partition coefficient (Wildman–Crippen LogP) is 3.28. The third-order valence-corrected chi connectivity index (χ3v) is 3.79. The molecule has 4 nitrogen and oxygen atoms in total. The van der Waals surface area contributed by atoms with E-state index in [0.29, 0.717) is 11.1 Å². The highest BCUT2D eigenvalue weighted by molar-refractivity contribution is 14.1. The first-order valence-corrected chi connectivity index (χ1v) is 7.79. The fourth-order valence-electron chi connectivity index (χ4n) is 1.88. The number of amides is 1. The van der Waals surface area contributed by atoms with Crippen LogP contribution >= 0.6 is 22.6 Å². The molecule has 1 amide bonds. The SMILES string of the molecule is CN(C)C(=O)[C@H](OC(=O)c1ccc(I)cc1)c1ccccc1. The minimum atomic E-state index is -0.942. The molecule has 0 aliphatic carbocycles. The lowest BCUT2D eigenvalue weighted by molar-refractivity contribution is -0.138. The van der Waals surface area contributed by atoms with Gasteiger partial charge in [0.05, 0.1) is 5.56 Å². The summed E-state index contributed by atoms with van der Waals surface area (Å²) in [6, 6.07) is 16.0. The zero-order valence-electron chi connectivity index (χ0n) is 12.3. The first kappa shape index (κ1) is 16.5. The van der Waals surface area contributed by atoms with Crippen molar-refractivity contribution in [1.29, 1.82) is 0 Å². The highest BCUT2D eigenvalue weighted by Gasteiger charge is 2.26. The maximum absolute atomic E-state index is 12.3. The van der Waals surface area contributed by atoms with Crippen molar-refractivity contribution in [3.8, 4) is 0 Å². The molecule has 0 saturated heterocycles. The Balaban J connectivity index is 2.25. The van der Waals surface area contributed by atoms with Crippen molar-refractivity contribution in [1.82, 2.24) is 4.90 Å². The molecule has 0 unspecified atom stereocenters. The Morgan fingerprint density at radius 3 is 2.14 bits per heavy atom. The van der Waals surface area contributed by atoms with Gasteiger partial charge in [0.1, 0.15) is 0 Å². The molecule has 0 aromatic heterocycles. The van der Waals surface area contributed by atoms with E-state index in [9.17, 15) is 9.59 Å². The average molecular weight is 409 g/mol. The summed E-state index contributed by atoms with van der Waals surface area (Å²) < 4.78 is 6.48. The van der Waals surface area contributed by atoms with Crippen molar-refractivity contribution in [3.63, 3.8) is 0 Å². The van der Waals surface area contributed by atoms with Gasteiger partial charge in [-0.1, -0.05) is 30.3 Å². The van der Waals surface area contributed by atoms with Gasteiger partial charge in [0, 0.05) is 23.2 Å². The maximum atomic E-state index is 12.3. The molecule has 114 valence electrons. The van der Waals surface area contributed by atoms with Crippen LogP contribution in [0.1, 0.15) is 22.0 Å². The molecule has 1 atom stereocenters. The van der Waals surface area contributed by atoms with E-state index < -0.39 is 12.1 Å². The molecule has 2 aromatic rings. The minimum absolute atomic E-state index is 0.273. The largest absolute Gasteiger partial charge is 0.444 e. The zero-order chi connectivity index (χ0) is 16.1. The van der Waals surface area contributed by atoms with Gasteiger partial charge in [-0.2, -0.15) is 0 Å². The molecule has 0 radical (unpaired) electrons. The van der Waals surface area contributed by atoms with Gasteiger partial charge in [0.15, 0.2) is 0 Å². The fraction of sp³-hybridized carbons (Fsp3) is 0.176. The van der Waals surface area contributed by atoms with E-state index in [0.717, 1.165) is 3.57 Å². The van der Waals surface area contributed by atoms with E-state index in [2.05, 4.69) is 22.6 Å². The normalized spacial score (nSPS) is 11.6. The maximum Gasteiger partial charge on any atom is 0.339 e. The Bertz CT molecular complexity index is 653. The number of esters is 1. The third kappa shape index (κ3) is 4.07. The van der Waals surface area contributed by atoms with Crippen LogP contribution in [-0.2, 0) is 9.53 Å². The third-order valence-electron chi connectivity index (χ3n) is 3.07. The molecule has 22 heavy (non-hydrogen) atoms. The quantitative estimate of drug-likeness (QED) is 0.575. The summed E-state index contributed by atoms with van der Waals surface area (Å²) in [6.07, 6.45) is -0.942. The van der Waals surface area contributed by atoms with Gasteiger partial charge in [-0.25, -0.2) is 4.79 Å². The first-order chi connectivity index (χ1) is 10.5. The second-order valence-corrected chi connectivity index (χ2v) is 6.18. The molecule has 2 rings (SSSR count). The summed E-state index contributed by atoms with van der Waals surface area (Å²) >= 11 is 2.16. The van der Waals surface area contributed by atoms with Gasteiger partial charge in [-0.3, -0.25) is 4.79 Å². The standard InChI is InChI=1S/C17H16INO3/c1-19(2)16(20)15(12-6-4-3-5-7-12)22-17(21)13-8-10-14(18)11-9-13/h3-11,15H,1-2H3/t15-/m1/s1. The van der Waals surface area contributed by atoms with Crippen LogP contribution in [0.25, 0.3) is 0 Å². The number of ether oxygens (including phenoxy) is 1. The molecular weight excluding hydrogens is 393 g/mol. The lowest BCUT2D eigenvalue weighted by atomic mass is 10.1. The predicted molar refractivity (Wildman–Crippen MR) is 92.5 cm³/mol. The molecule has 0 N–H and O–H groups in total. The van der Waals surface area contributed by atoms with Gasteiger partial charge in [0.25, 0.3) is 5.91 Å². The molecule has 0 heterocycles. The van der Waals surface area contributed by atoms with Crippen molar-refractivity contribution in [2.24, 2.45) is 0 Å². The van der Waals surface area contributed by atoms with Gasteiger partial charge in [-0.15, -0.1) is 0 Å². The molecule has 0 fully saturated rings. The van der Waals surface area contributed by atoms with Crippen molar-refractivity contribution < 1.29 is 14.3 Å². The molecule has 0 aliphatic heterocycles. The van der Waals surface area contributed by atoms with Crippen LogP contribution in [0.2, 0.25) is 0 Å². The van der Waals surface area contributed by atoms with Gasteiger partial charge < -0.3 is 9.64 Å². The number of hydrogen-bond donors (Lipinski definition) is 0. The fourth-order valence-corrected chi connectivity index (χ4v) is 2.24. The molecule has 5 heteroatoms. The second kappa shape index (κ2) is 7.40. The number of likely N-dealkylation sites (N-methyl/N-ethyl adjacent to an activating group) is 1. The number of hydrogen-bond acceptors (Lipinski definition) is 3. The Morgan fingerprint density at radius 2 is 1.59 bits per heavy atom. The monoisotopic (exact) mass is 409 g/mol. The topological polar surface area (TPSA) is 46.6 Å². The summed E-state index contributed by atoms with van der Waals surface area (Å²) in [6.45, 7) is 0. The van der Waals surface area contributed by atoms with E-state index >= 15 is 0 Å². The summed E-state index contributed by atoms with van der Waals surface area (Å²) in [5.41, 5.74) is 1.08. The number of halogens is 1. The van der Waals surface area contributed by atoms with Crippen LogP contribution in [0, 0.1) is 3.57 Å². The summed E-state index contributed by atoms with van der Waals surface area (Å²) in [5.74, 6) is -0.787. The van der Waals surface area contributed by atoms with E-state index in [-0.39, 0.29) is 5.91 Å².